The van der Waals surface area contributed by atoms with Gasteiger partial charge in [-0.25, -0.2) is 9.59 Å². The van der Waals surface area contributed by atoms with Crippen LogP contribution in [0.3, 0.4) is 0 Å². The molecule has 0 bridgehead atoms. The van der Waals surface area contributed by atoms with E-state index in [0.717, 1.165) is 20.3 Å². The Morgan fingerprint density at radius 2 is 1.27 bits per heavy atom. The molecule has 0 radical (unpaired) electrons. The first-order chi connectivity index (χ1) is 14.5. The molecule has 0 N–H and O–H groups in total. The van der Waals surface area contributed by atoms with E-state index in [1.54, 1.807) is 0 Å². The van der Waals surface area contributed by atoms with E-state index < -0.39 is 0 Å². The first-order valence-electron chi connectivity index (χ1n) is 9.40. The molecule has 2 aliphatic heterocycles. The predicted octanol–water partition coefficient (Wildman–Crippen LogP) is 5.62. The van der Waals surface area contributed by atoms with Gasteiger partial charge in [0, 0.05) is 8.83 Å². The topological polar surface area (TPSA) is 52.6 Å². The van der Waals surface area contributed by atoms with E-state index in [4.69, 9.17) is 9.47 Å². The van der Waals surface area contributed by atoms with Crippen molar-refractivity contribution in [1.82, 2.24) is 0 Å². The standard InChI is InChI=1S/C23H19IO4S2/c1-14-18-20(30-19(14)22(25)27-12-15-8-4-2-5-9-15)17(24)21(29-18)23(26)28-13-16-10-6-3-7-11-16/h2-11,18,20H,12-13H2,1H3. The van der Waals surface area contributed by atoms with Crippen molar-refractivity contribution in [3.8, 4) is 0 Å². The minimum Gasteiger partial charge on any atom is -0.457 e. The maximum atomic E-state index is 12.6. The second-order valence-electron chi connectivity index (χ2n) is 6.89. The van der Waals surface area contributed by atoms with Gasteiger partial charge in [0.15, 0.2) is 0 Å². The number of hydrogen-bond donors (Lipinski definition) is 0. The fraction of sp³-hybridized carbons (Fsp3) is 0.217. The largest absolute Gasteiger partial charge is 0.457 e. The minimum atomic E-state index is -0.302. The second-order valence-corrected chi connectivity index (χ2v) is 10.4. The third-order valence-electron chi connectivity index (χ3n) is 4.81. The number of ether oxygens (including phenoxy) is 2. The molecule has 0 aromatic heterocycles. The summed E-state index contributed by atoms with van der Waals surface area (Å²) < 4.78 is 12.0. The zero-order valence-electron chi connectivity index (χ0n) is 16.2. The van der Waals surface area contributed by atoms with Gasteiger partial charge < -0.3 is 9.47 Å². The number of carbonyl (C=O) groups is 2. The van der Waals surface area contributed by atoms with Crippen LogP contribution in [0.1, 0.15) is 18.1 Å². The van der Waals surface area contributed by atoms with Crippen LogP contribution in [0, 0.1) is 0 Å². The average Bonchev–Trinajstić information content (AvgIpc) is 3.28. The molecule has 4 nitrogen and oxygen atoms in total. The highest BCUT2D eigenvalue weighted by atomic mass is 127. The monoisotopic (exact) mass is 550 g/mol. The molecule has 2 heterocycles. The van der Waals surface area contributed by atoms with Gasteiger partial charge in [-0.15, -0.1) is 23.5 Å². The summed E-state index contributed by atoms with van der Waals surface area (Å²) in [5.41, 5.74) is 2.88. The third kappa shape index (κ3) is 4.63. The lowest BCUT2D eigenvalue weighted by atomic mass is 10.1. The number of benzene rings is 2. The van der Waals surface area contributed by atoms with E-state index in [2.05, 4.69) is 22.6 Å². The summed E-state index contributed by atoms with van der Waals surface area (Å²) in [7, 11) is 0. The summed E-state index contributed by atoms with van der Waals surface area (Å²) in [4.78, 5) is 26.5. The van der Waals surface area contributed by atoms with Crippen LogP contribution in [0.2, 0.25) is 0 Å². The second kappa shape index (κ2) is 9.62. The Morgan fingerprint density at radius 1 is 0.800 bits per heavy atom. The van der Waals surface area contributed by atoms with Gasteiger partial charge in [0.2, 0.25) is 0 Å². The molecule has 0 aliphatic carbocycles. The summed E-state index contributed by atoms with van der Waals surface area (Å²) in [5.74, 6) is -0.599. The number of hydrogen-bond acceptors (Lipinski definition) is 6. The Labute approximate surface area is 197 Å². The Bertz CT molecular complexity index is 935. The Morgan fingerprint density at radius 3 is 1.77 bits per heavy atom. The molecule has 2 aliphatic rings. The fourth-order valence-electron chi connectivity index (χ4n) is 3.22. The number of esters is 2. The van der Waals surface area contributed by atoms with Gasteiger partial charge in [-0.2, -0.15) is 0 Å². The zero-order chi connectivity index (χ0) is 21.1. The lowest BCUT2D eigenvalue weighted by Crippen LogP contribution is -2.10. The van der Waals surface area contributed by atoms with Crippen molar-refractivity contribution >= 4 is 58.1 Å². The molecule has 2 unspecified atom stereocenters. The smallest absolute Gasteiger partial charge is 0.345 e. The van der Waals surface area contributed by atoms with E-state index in [1.807, 2.05) is 67.6 Å². The van der Waals surface area contributed by atoms with Gasteiger partial charge >= 0.3 is 11.9 Å². The third-order valence-corrected chi connectivity index (χ3v) is 9.97. The van der Waals surface area contributed by atoms with E-state index in [-0.39, 0.29) is 35.7 Å². The average molecular weight is 550 g/mol. The first kappa shape index (κ1) is 21.5. The highest BCUT2D eigenvalue weighted by Crippen LogP contribution is 2.56. The number of rotatable bonds is 6. The van der Waals surface area contributed by atoms with Crippen LogP contribution in [-0.4, -0.2) is 22.4 Å². The van der Waals surface area contributed by atoms with Crippen molar-refractivity contribution in [3.05, 3.63) is 90.8 Å². The van der Waals surface area contributed by atoms with E-state index in [1.165, 1.54) is 23.5 Å². The quantitative estimate of drug-likeness (QED) is 0.344. The van der Waals surface area contributed by atoms with Gasteiger partial charge in [-0.05, 0) is 46.2 Å². The molecular weight excluding hydrogens is 531 g/mol. The molecule has 2 atom stereocenters. The van der Waals surface area contributed by atoms with E-state index >= 15 is 0 Å². The van der Waals surface area contributed by atoms with Crippen molar-refractivity contribution in [1.29, 1.82) is 0 Å². The van der Waals surface area contributed by atoms with Crippen molar-refractivity contribution in [2.45, 2.75) is 30.6 Å². The summed E-state index contributed by atoms with van der Waals surface area (Å²) in [6.45, 7) is 2.46. The van der Waals surface area contributed by atoms with Crippen molar-refractivity contribution in [2.24, 2.45) is 0 Å². The van der Waals surface area contributed by atoms with Crippen LogP contribution >= 0.6 is 46.1 Å². The summed E-state index contributed by atoms with van der Waals surface area (Å²) in [5, 5.41) is 0.106. The van der Waals surface area contributed by atoms with Crippen LogP contribution in [0.4, 0.5) is 0 Å². The van der Waals surface area contributed by atoms with Crippen molar-refractivity contribution < 1.29 is 19.1 Å². The van der Waals surface area contributed by atoms with Gasteiger partial charge in [0.1, 0.15) is 18.1 Å². The molecule has 7 heteroatoms. The Kier molecular flexibility index (Phi) is 6.90. The van der Waals surface area contributed by atoms with Crippen LogP contribution in [0.5, 0.6) is 0 Å². The van der Waals surface area contributed by atoms with Crippen LogP contribution < -0.4 is 0 Å². The molecule has 0 saturated carbocycles. The molecule has 0 amide bonds. The summed E-state index contributed by atoms with van der Waals surface area (Å²) in [6.07, 6.45) is 0. The molecule has 4 rings (SSSR count). The highest BCUT2D eigenvalue weighted by molar-refractivity contribution is 14.1. The minimum absolute atomic E-state index is 0.0501. The maximum Gasteiger partial charge on any atom is 0.345 e. The molecule has 2 aromatic carbocycles. The van der Waals surface area contributed by atoms with Crippen LogP contribution in [0.15, 0.2) is 79.6 Å². The van der Waals surface area contributed by atoms with Gasteiger partial charge in [-0.3, -0.25) is 0 Å². The van der Waals surface area contributed by atoms with Crippen molar-refractivity contribution in [3.63, 3.8) is 0 Å². The number of carbonyl (C=O) groups excluding carboxylic acids is 2. The van der Waals surface area contributed by atoms with E-state index in [9.17, 15) is 9.59 Å². The highest BCUT2D eigenvalue weighted by Gasteiger charge is 2.46. The molecule has 30 heavy (non-hydrogen) atoms. The zero-order valence-corrected chi connectivity index (χ0v) is 20.0. The molecule has 0 saturated heterocycles. The maximum absolute atomic E-state index is 12.6. The molecular formula is C23H19IO4S2. The lowest BCUT2D eigenvalue weighted by Gasteiger charge is -2.09. The molecule has 0 fully saturated rings. The molecule has 154 valence electrons. The van der Waals surface area contributed by atoms with Gasteiger partial charge in [-0.1, -0.05) is 60.7 Å². The number of fused-ring (bicyclic) bond motifs is 1. The SMILES string of the molecule is CC1=C(C(=O)OCc2ccccc2)SC2C(I)=C(C(=O)OCc3ccccc3)SC12. The summed E-state index contributed by atoms with van der Waals surface area (Å²) >= 11 is 5.19. The number of thioether (sulfide) groups is 2. The van der Waals surface area contributed by atoms with Gasteiger partial charge in [0.25, 0.3) is 0 Å². The lowest BCUT2D eigenvalue weighted by molar-refractivity contribution is -0.140. The van der Waals surface area contributed by atoms with Crippen LogP contribution in [-0.2, 0) is 32.3 Å². The summed E-state index contributed by atoms with van der Waals surface area (Å²) in [6, 6.07) is 19.3. The Balaban J connectivity index is 1.37. The fourth-order valence-corrected chi connectivity index (χ4v) is 7.76. The first-order valence-corrected chi connectivity index (χ1v) is 12.2. The van der Waals surface area contributed by atoms with Gasteiger partial charge in [0.05, 0.1) is 10.2 Å². The normalized spacial score (nSPS) is 20.3. The number of halogens is 1. The molecule has 0 spiro atoms. The van der Waals surface area contributed by atoms with E-state index in [0.29, 0.717) is 9.81 Å². The predicted molar refractivity (Wildman–Crippen MR) is 129 cm³/mol. The van der Waals surface area contributed by atoms with Crippen LogP contribution in [0.25, 0.3) is 0 Å². The molecule has 2 aromatic rings. The van der Waals surface area contributed by atoms with Crippen molar-refractivity contribution in [2.75, 3.05) is 0 Å². The Hall–Kier alpha value is -1.71.